The first-order valence-electron chi connectivity index (χ1n) is 14.6. The van der Waals surface area contributed by atoms with Gasteiger partial charge >= 0.3 is 24.0 Å². The van der Waals surface area contributed by atoms with E-state index in [1.807, 2.05) is 26.0 Å². The van der Waals surface area contributed by atoms with Crippen molar-refractivity contribution in [1.29, 1.82) is 0 Å². The van der Waals surface area contributed by atoms with Crippen LogP contribution < -0.4 is 31.3 Å². The maximum atomic E-state index is 12.9. The molecule has 6 N–H and O–H groups in total. The van der Waals surface area contributed by atoms with E-state index in [4.69, 9.17) is 16.3 Å². The third-order valence-corrected chi connectivity index (χ3v) is 7.01. The van der Waals surface area contributed by atoms with Gasteiger partial charge in [-0.15, -0.1) is 0 Å². The molecule has 1 aromatic heterocycles. The molecule has 13 nitrogen and oxygen atoms in total. The third-order valence-electron chi connectivity index (χ3n) is 6.75. The van der Waals surface area contributed by atoms with Crippen LogP contribution in [0.5, 0.6) is 6.01 Å². The highest BCUT2D eigenvalue weighted by atomic mass is 35.5. The number of aromatic nitrogens is 3. The van der Waals surface area contributed by atoms with Crippen LogP contribution in [0, 0.1) is 5.92 Å². The minimum atomic E-state index is -4.61. The van der Waals surface area contributed by atoms with Crippen molar-refractivity contribution in [1.82, 2.24) is 30.9 Å². The molecule has 1 saturated carbocycles. The molecule has 1 aliphatic carbocycles. The quantitative estimate of drug-likeness (QED) is 0.139. The molecule has 4 rings (SSSR count). The summed E-state index contributed by atoms with van der Waals surface area (Å²) in [6.45, 7) is 2.03. The summed E-state index contributed by atoms with van der Waals surface area (Å²) in [7, 11) is 0. The zero-order valence-electron chi connectivity index (χ0n) is 25.4. The van der Waals surface area contributed by atoms with Gasteiger partial charge < -0.3 is 36.4 Å². The van der Waals surface area contributed by atoms with Crippen molar-refractivity contribution in [2.24, 2.45) is 5.92 Å². The Morgan fingerprint density at radius 3 is 2.09 bits per heavy atom. The number of alkyl halides is 3. The van der Waals surface area contributed by atoms with Gasteiger partial charge in [0.2, 0.25) is 11.9 Å². The van der Waals surface area contributed by atoms with Crippen LogP contribution in [-0.2, 0) is 15.1 Å². The first-order valence-corrected chi connectivity index (χ1v) is 15.0. The van der Waals surface area contributed by atoms with E-state index in [1.54, 1.807) is 12.1 Å². The molecule has 2 aromatic carbocycles. The fraction of sp³-hybridized carbons (Fsp3) is 0.400. The predicted molar refractivity (Wildman–Crippen MR) is 166 cm³/mol. The monoisotopic (exact) mass is 678 g/mol. The van der Waals surface area contributed by atoms with E-state index >= 15 is 0 Å². The smallest absolute Gasteiger partial charge is 0.422 e. The summed E-state index contributed by atoms with van der Waals surface area (Å²) < 4.78 is 43.4. The molecule has 1 heterocycles. The maximum absolute atomic E-state index is 12.9. The second kappa shape index (κ2) is 15.3. The number of hydrogen-bond acceptors (Lipinski definition) is 10. The summed E-state index contributed by atoms with van der Waals surface area (Å²) in [5.41, 5.74) is 1.01. The number of aliphatic hydroxyl groups excluding tert-OH is 1. The summed E-state index contributed by atoms with van der Waals surface area (Å²) in [4.78, 5) is 48.4. The fourth-order valence-corrected chi connectivity index (χ4v) is 4.29. The molecule has 252 valence electrons. The minimum Gasteiger partial charge on any atom is -0.454 e. The lowest BCUT2D eigenvalue weighted by Gasteiger charge is -2.19. The SMILES string of the molecule is CC(C)CNC(=O)C(=O)NCC(O)CNC(=O)c1ccc(Nc2nc(NC3(c4ccc(Cl)cc4)CC3)nc(OCC(F)(F)F)n2)cc1. The average Bonchev–Trinajstić information content (AvgIpc) is 3.80. The van der Waals surface area contributed by atoms with Gasteiger partial charge in [0, 0.05) is 35.9 Å². The Hall–Kier alpha value is -4.70. The number of rotatable bonds is 14. The molecular formula is C30H34ClF3N8O5. The van der Waals surface area contributed by atoms with E-state index in [2.05, 4.69) is 41.5 Å². The van der Waals surface area contributed by atoms with E-state index in [0.717, 1.165) is 18.4 Å². The van der Waals surface area contributed by atoms with Crippen LogP contribution in [0.4, 0.5) is 30.8 Å². The van der Waals surface area contributed by atoms with Gasteiger partial charge in [0.05, 0.1) is 11.6 Å². The molecule has 0 radical (unpaired) electrons. The lowest BCUT2D eigenvalue weighted by molar-refractivity contribution is -0.154. The van der Waals surface area contributed by atoms with E-state index in [9.17, 15) is 32.7 Å². The van der Waals surface area contributed by atoms with Crippen molar-refractivity contribution in [3.05, 3.63) is 64.7 Å². The molecule has 47 heavy (non-hydrogen) atoms. The Labute approximate surface area is 273 Å². The molecule has 1 atom stereocenters. The van der Waals surface area contributed by atoms with Crippen molar-refractivity contribution in [3.8, 4) is 6.01 Å². The van der Waals surface area contributed by atoms with E-state index in [1.165, 1.54) is 24.3 Å². The largest absolute Gasteiger partial charge is 0.454 e. The fourth-order valence-electron chi connectivity index (χ4n) is 4.16. The first-order chi connectivity index (χ1) is 22.2. The molecule has 17 heteroatoms. The molecule has 0 spiro atoms. The first kappa shape index (κ1) is 35.2. The minimum absolute atomic E-state index is 0.00550. The molecule has 0 aliphatic heterocycles. The number of hydrogen-bond donors (Lipinski definition) is 6. The van der Waals surface area contributed by atoms with Crippen molar-refractivity contribution in [2.45, 2.75) is 44.5 Å². The molecule has 3 aromatic rings. The van der Waals surface area contributed by atoms with Gasteiger partial charge in [-0.2, -0.15) is 28.1 Å². The van der Waals surface area contributed by atoms with Gasteiger partial charge in [-0.25, -0.2) is 0 Å². The molecule has 0 bridgehead atoms. The van der Waals surface area contributed by atoms with Gasteiger partial charge in [-0.1, -0.05) is 37.6 Å². The molecule has 0 saturated heterocycles. The van der Waals surface area contributed by atoms with E-state index in [-0.39, 0.29) is 36.5 Å². The number of nitrogens with zero attached hydrogens (tertiary/aromatic N) is 3. The number of halogens is 4. The van der Waals surface area contributed by atoms with Gasteiger partial charge in [-0.3, -0.25) is 14.4 Å². The lowest BCUT2D eigenvalue weighted by atomic mass is 10.1. The van der Waals surface area contributed by atoms with Crippen LogP contribution in [0.1, 0.15) is 42.6 Å². The summed E-state index contributed by atoms with van der Waals surface area (Å²) in [5, 5.41) is 24.0. The molecular weight excluding hydrogens is 645 g/mol. The number of anilines is 3. The molecule has 3 amide bonds. The molecule has 1 fully saturated rings. The highest BCUT2D eigenvalue weighted by molar-refractivity contribution is 6.35. The number of nitrogens with one attached hydrogen (secondary N) is 5. The average molecular weight is 679 g/mol. The normalized spacial score (nSPS) is 14.1. The number of aliphatic hydroxyl groups is 1. The summed E-state index contributed by atoms with van der Waals surface area (Å²) in [6, 6.07) is 12.6. The van der Waals surface area contributed by atoms with Crippen LogP contribution in [0.15, 0.2) is 48.5 Å². The van der Waals surface area contributed by atoms with Crippen LogP contribution >= 0.6 is 11.6 Å². The Bertz CT molecular complexity index is 1550. The van der Waals surface area contributed by atoms with Crippen molar-refractivity contribution in [2.75, 3.05) is 36.9 Å². The Kier molecular flexibility index (Phi) is 11.4. The van der Waals surface area contributed by atoms with E-state index < -0.39 is 48.2 Å². The second-order valence-corrected chi connectivity index (χ2v) is 11.7. The third kappa shape index (κ3) is 11.0. The summed E-state index contributed by atoms with van der Waals surface area (Å²) in [6.07, 6.45) is -4.31. The topological polar surface area (TPSA) is 179 Å². The zero-order valence-corrected chi connectivity index (χ0v) is 26.2. The maximum Gasteiger partial charge on any atom is 0.422 e. The van der Waals surface area contributed by atoms with Crippen molar-refractivity contribution in [3.63, 3.8) is 0 Å². The van der Waals surface area contributed by atoms with Crippen LogP contribution in [0.25, 0.3) is 0 Å². The predicted octanol–water partition coefficient (Wildman–Crippen LogP) is 3.29. The molecule has 1 unspecified atom stereocenters. The van der Waals surface area contributed by atoms with Crippen molar-refractivity contribution < 1.29 is 37.4 Å². The summed E-state index contributed by atoms with van der Waals surface area (Å²) in [5.74, 6) is -2.18. The summed E-state index contributed by atoms with van der Waals surface area (Å²) >= 11 is 6.01. The number of carbonyl (C=O) groups is 3. The number of amides is 3. The van der Waals surface area contributed by atoms with Crippen LogP contribution in [0.2, 0.25) is 5.02 Å². The van der Waals surface area contributed by atoms with Gasteiger partial charge in [0.25, 0.3) is 5.91 Å². The van der Waals surface area contributed by atoms with Gasteiger partial charge in [0.1, 0.15) is 0 Å². The molecule has 1 aliphatic rings. The number of carbonyl (C=O) groups excluding carboxylic acids is 3. The van der Waals surface area contributed by atoms with Gasteiger partial charge in [0.15, 0.2) is 6.61 Å². The zero-order chi connectivity index (χ0) is 34.2. The Morgan fingerprint density at radius 1 is 0.894 bits per heavy atom. The lowest BCUT2D eigenvalue weighted by Crippen LogP contribution is -2.45. The van der Waals surface area contributed by atoms with Crippen LogP contribution in [0.3, 0.4) is 0 Å². The highest BCUT2D eigenvalue weighted by Gasteiger charge is 2.45. The Morgan fingerprint density at radius 2 is 1.49 bits per heavy atom. The standard InChI is InChI=1S/C30H34ClF3N8O5/c1-17(2)13-35-24(45)25(46)37-15-22(43)14-36-23(44)18-3-9-21(10-4-18)38-26-39-27(41-28(40-26)47-16-30(32,33)34)42-29(11-12-29)19-5-7-20(31)8-6-19/h3-10,17,22,43H,11-16H2,1-2H3,(H,35,45)(H,36,44)(H,37,46)(H2,38,39,40,41,42). The van der Waals surface area contributed by atoms with Crippen molar-refractivity contribution >= 4 is 46.9 Å². The van der Waals surface area contributed by atoms with E-state index in [0.29, 0.717) is 17.3 Å². The van der Waals surface area contributed by atoms with Gasteiger partial charge in [-0.05, 0) is 60.7 Å². The Balaban J connectivity index is 1.36. The number of ether oxygens (including phenoxy) is 1. The number of benzene rings is 2. The highest BCUT2D eigenvalue weighted by Crippen LogP contribution is 2.48. The van der Waals surface area contributed by atoms with Crippen LogP contribution in [-0.4, -0.2) is 76.3 Å². The second-order valence-electron chi connectivity index (χ2n) is 11.3.